The predicted octanol–water partition coefficient (Wildman–Crippen LogP) is 1.59. The molecule has 1 saturated heterocycles. The van der Waals surface area contributed by atoms with Gasteiger partial charge in [-0.1, -0.05) is 13.0 Å². The van der Waals surface area contributed by atoms with Crippen LogP contribution in [0.5, 0.6) is 5.75 Å². The van der Waals surface area contributed by atoms with Crippen LogP contribution in [0.3, 0.4) is 0 Å². The molecule has 3 rings (SSSR count). The average Bonchev–Trinajstić information content (AvgIpc) is 2.54. The van der Waals surface area contributed by atoms with E-state index in [1.807, 2.05) is 6.92 Å². The maximum atomic E-state index is 12.9. The van der Waals surface area contributed by atoms with Crippen LogP contribution in [0.15, 0.2) is 18.2 Å². The number of benzene rings is 1. The zero-order valence-corrected chi connectivity index (χ0v) is 13.6. The van der Waals surface area contributed by atoms with Crippen LogP contribution >= 0.6 is 0 Å². The Morgan fingerprint density at radius 2 is 2.08 bits per heavy atom. The summed E-state index contributed by atoms with van der Waals surface area (Å²) in [6.07, 6.45) is -0.228. The molecule has 0 bridgehead atoms. The molecule has 1 aromatic carbocycles. The number of carboxylic acid groups (broad SMARTS) is 1. The molecule has 1 aromatic rings. The number of nitrogens with one attached hydrogen (secondary N) is 1. The third-order valence-corrected chi connectivity index (χ3v) is 4.68. The maximum Gasteiger partial charge on any atom is 0.306 e. The Labute approximate surface area is 139 Å². The molecule has 7 heteroatoms. The van der Waals surface area contributed by atoms with E-state index in [1.54, 1.807) is 30.0 Å². The number of likely N-dealkylation sites (tertiary alicyclic amines) is 1. The summed E-state index contributed by atoms with van der Waals surface area (Å²) in [6.45, 7) is 4.25. The number of rotatable bonds is 2. The van der Waals surface area contributed by atoms with Gasteiger partial charge in [-0.25, -0.2) is 0 Å². The molecule has 0 saturated carbocycles. The lowest BCUT2D eigenvalue weighted by Crippen LogP contribution is -2.45. The first kappa shape index (κ1) is 16.3. The second kappa shape index (κ2) is 6.14. The zero-order valence-electron chi connectivity index (χ0n) is 13.6. The lowest BCUT2D eigenvalue weighted by molar-refractivity contribution is -0.145. The fourth-order valence-electron chi connectivity index (χ4n) is 3.26. The Morgan fingerprint density at radius 3 is 2.75 bits per heavy atom. The van der Waals surface area contributed by atoms with Crippen LogP contribution in [0, 0.1) is 11.8 Å². The van der Waals surface area contributed by atoms with Gasteiger partial charge in [0.1, 0.15) is 0 Å². The summed E-state index contributed by atoms with van der Waals surface area (Å²) in [6, 6.07) is 5.05. The molecule has 24 heavy (non-hydrogen) atoms. The van der Waals surface area contributed by atoms with E-state index in [0.717, 1.165) is 0 Å². The highest BCUT2D eigenvalue weighted by molar-refractivity contribution is 6.04. The number of aliphatic carboxylic acids is 1. The fourth-order valence-corrected chi connectivity index (χ4v) is 3.26. The number of piperidine rings is 1. The third kappa shape index (κ3) is 2.81. The van der Waals surface area contributed by atoms with Crippen molar-refractivity contribution in [3.05, 3.63) is 23.8 Å². The summed E-state index contributed by atoms with van der Waals surface area (Å²) in [5.74, 6) is -1.42. The number of nitrogens with zero attached hydrogens (tertiary/aromatic N) is 1. The second-order valence-electron chi connectivity index (χ2n) is 6.39. The van der Waals surface area contributed by atoms with Crippen molar-refractivity contribution in [3.8, 4) is 5.75 Å². The van der Waals surface area contributed by atoms with Crippen LogP contribution < -0.4 is 10.1 Å². The van der Waals surface area contributed by atoms with Crippen LogP contribution in [-0.4, -0.2) is 47.0 Å². The molecule has 0 spiro atoms. The second-order valence-corrected chi connectivity index (χ2v) is 6.39. The number of carboxylic acids is 1. The summed E-state index contributed by atoms with van der Waals surface area (Å²) in [7, 11) is 0. The molecule has 2 amide bonds. The molecule has 0 aliphatic carbocycles. The van der Waals surface area contributed by atoms with Gasteiger partial charge < -0.3 is 20.1 Å². The number of amides is 2. The van der Waals surface area contributed by atoms with Crippen molar-refractivity contribution in [2.45, 2.75) is 26.4 Å². The Hall–Kier alpha value is -2.57. The number of carbonyl (C=O) groups is 3. The third-order valence-electron chi connectivity index (χ3n) is 4.68. The molecule has 128 valence electrons. The molecular weight excluding hydrogens is 312 g/mol. The van der Waals surface area contributed by atoms with Gasteiger partial charge in [-0.2, -0.15) is 0 Å². The SMILES string of the molecule is CC1Oc2c(cccc2C(=O)N2CC[C@H](C(=O)O)[C@H](C)C2)NC1=O. The lowest BCUT2D eigenvalue weighted by atomic mass is 9.86. The van der Waals surface area contributed by atoms with Crippen molar-refractivity contribution in [2.75, 3.05) is 18.4 Å². The Kier molecular flexibility index (Phi) is 4.17. The number of fused-ring (bicyclic) bond motifs is 1. The largest absolute Gasteiger partial charge is 0.481 e. The first-order chi connectivity index (χ1) is 11.4. The minimum Gasteiger partial charge on any atom is -0.481 e. The van der Waals surface area contributed by atoms with Gasteiger partial charge in [0.25, 0.3) is 11.8 Å². The highest BCUT2D eigenvalue weighted by Crippen LogP contribution is 2.35. The van der Waals surface area contributed by atoms with Gasteiger partial charge in [0, 0.05) is 13.1 Å². The summed E-state index contributed by atoms with van der Waals surface area (Å²) in [5, 5.41) is 11.9. The molecular formula is C17H20N2O5. The average molecular weight is 332 g/mol. The van der Waals surface area contributed by atoms with Crippen LogP contribution in [0.4, 0.5) is 5.69 Å². The highest BCUT2D eigenvalue weighted by Gasteiger charge is 2.35. The monoisotopic (exact) mass is 332 g/mol. The minimum atomic E-state index is -0.813. The number of hydrogen-bond donors (Lipinski definition) is 2. The van der Waals surface area contributed by atoms with Crippen molar-refractivity contribution in [1.82, 2.24) is 4.90 Å². The number of anilines is 1. The Morgan fingerprint density at radius 1 is 1.33 bits per heavy atom. The van der Waals surface area contributed by atoms with Gasteiger partial charge in [-0.3, -0.25) is 14.4 Å². The molecule has 1 unspecified atom stereocenters. The number of carbonyl (C=O) groups excluding carboxylic acids is 2. The Balaban J connectivity index is 1.83. The zero-order chi connectivity index (χ0) is 17.4. The highest BCUT2D eigenvalue weighted by atomic mass is 16.5. The van der Waals surface area contributed by atoms with Crippen molar-refractivity contribution < 1.29 is 24.2 Å². The van der Waals surface area contributed by atoms with Crippen LogP contribution in [0.2, 0.25) is 0 Å². The summed E-state index contributed by atoms with van der Waals surface area (Å²) in [4.78, 5) is 37.4. The van der Waals surface area contributed by atoms with Gasteiger partial charge in [-0.15, -0.1) is 0 Å². The van der Waals surface area contributed by atoms with Gasteiger partial charge in [0.05, 0.1) is 17.2 Å². The normalized spacial score (nSPS) is 26.2. The van der Waals surface area contributed by atoms with E-state index in [-0.39, 0.29) is 17.7 Å². The molecule has 2 aliphatic rings. The molecule has 1 fully saturated rings. The van der Waals surface area contributed by atoms with Gasteiger partial charge in [0.15, 0.2) is 11.9 Å². The minimum absolute atomic E-state index is 0.112. The molecule has 2 N–H and O–H groups in total. The standard InChI is InChI=1S/C17H20N2O5/c1-9-8-19(7-6-11(9)17(22)23)16(21)12-4-3-5-13-14(12)24-10(2)15(20)18-13/h3-5,9-11H,6-8H2,1-2H3,(H,18,20)(H,22,23)/t9-,10?,11+/m1/s1. The Bertz CT molecular complexity index is 702. The smallest absolute Gasteiger partial charge is 0.306 e. The molecule has 2 aliphatic heterocycles. The maximum absolute atomic E-state index is 12.9. The number of hydrogen-bond acceptors (Lipinski definition) is 4. The van der Waals surface area contributed by atoms with E-state index in [2.05, 4.69) is 5.32 Å². The number of para-hydroxylation sites is 1. The van der Waals surface area contributed by atoms with E-state index in [0.29, 0.717) is 36.5 Å². The first-order valence-corrected chi connectivity index (χ1v) is 8.01. The predicted molar refractivity (Wildman–Crippen MR) is 86.0 cm³/mol. The lowest BCUT2D eigenvalue weighted by Gasteiger charge is -2.35. The molecule has 0 aromatic heterocycles. The van der Waals surface area contributed by atoms with Gasteiger partial charge in [0.2, 0.25) is 0 Å². The van der Waals surface area contributed by atoms with Gasteiger partial charge >= 0.3 is 5.97 Å². The van der Waals surface area contributed by atoms with Crippen molar-refractivity contribution in [2.24, 2.45) is 11.8 Å². The molecule has 3 atom stereocenters. The first-order valence-electron chi connectivity index (χ1n) is 8.01. The van der Waals surface area contributed by atoms with Gasteiger partial charge in [-0.05, 0) is 31.4 Å². The van der Waals surface area contributed by atoms with Crippen molar-refractivity contribution in [1.29, 1.82) is 0 Å². The van der Waals surface area contributed by atoms with Crippen LogP contribution in [-0.2, 0) is 9.59 Å². The summed E-state index contributed by atoms with van der Waals surface area (Å²) < 4.78 is 5.62. The quantitative estimate of drug-likeness (QED) is 0.857. The number of ether oxygens (including phenoxy) is 1. The van der Waals surface area contributed by atoms with Crippen LogP contribution in [0.1, 0.15) is 30.6 Å². The van der Waals surface area contributed by atoms with E-state index >= 15 is 0 Å². The van der Waals surface area contributed by atoms with Crippen molar-refractivity contribution in [3.63, 3.8) is 0 Å². The topological polar surface area (TPSA) is 95.9 Å². The molecule has 0 radical (unpaired) electrons. The van der Waals surface area contributed by atoms with E-state index in [4.69, 9.17) is 4.74 Å². The van der Waals surface area contributed by atoms with Crippen molar-refractivity contribution >= 4 is 23.5 Å². The molecule has 7 nitrogen and oxygen atoms in total. The van der Waals surface area contributed by atoms with E-state index < -0.39 is 18.0 Å². The fraction of sp³-hybridized carbons (Fsp3) is 0.471. The molecule has 2 heterocycles. The van der Waals surface area contributed by atoms with E-state index in [9.17, 15) is 19.5 Å². The van der Waals surface area contributed by atoms with Crippen LogP contribution in [0.25, 0.3) is 0 Å². The summed E-state index contributed by atoms with van der Waals surface area (Å²) >= 11 is 0. The van der Waals surface area contributed by atoms with E-state index in [1.165, 1.54) is 0 Å². The summed E-state index contributed by atoms with van der Waals surface area (Å²) in [5.41, 5.74) is 0.873.